The molecule has 21 heavy (non-hydrogen) atoms. The van der Waals surface area contributed by atoms with Crippen molar-refractivity contribution in [2.75, 3.05) is 0 Å². The number of imidazole rings is 1. The SMILES string of the molecule is O=C(O)C1CCCn2cc(-c3ccc4c(c3)CCC4)nc21. The molecule has 4 nitrogen and oxygen atoms in total. The topological polar surface area (TPSA) is 55.1 Å². The number of hydrogen-bond donors (Lipinski definition) is 1. The summed E-state index contributed by atoms with van der Waals surface area (Å²) in [7, 11) is 0. The molecule has 1 N–H and O–H groups in total. The highest BCUT2D eigenvalue weighted by Gasteiger charge is 2.29. The van der Waals surface area contributed by atoms with Crippen LogP contribution in [-0.4, -0.2) is 20.6 Å². The maximum Gasteiger partial charge on any atom is 0.314 e. The van der Waals surface area contributed by atoms with Crippen molar-refractivity contribution in [1.82, 2.24) is 9.55 Å². The summed E-state index contributed by atoms with van der Waals surface area (Å²) in [5.41, 5.74) is 4.90. The van der Waals surface area contributed by atoms with E-state index in [4.69, 9.17) is 0 Å². The quantitative estimate of drug-likeness (QED) is 0.921. The molecule has 0 amide bonds. The van der Waals surface area contributed by atoms with Gasteiger partial charge >= 0.3 is 5.97 Å². The van der Waals surface area contributed by atoms with Crippen LogP contribution >= 0.6 is 0 Å². The van der Waals surface area contributed by atoms with E-state index in [0.29, 0.717) is 12.2 Å². The summed E-state index contributed by atoms with van der Waals surface area (Å²) in [6, 6.07) is 6.55. The predicted molar refractivity (Wildman–Crippen MR) is 79.3 cm³/mol. The van der Waals surface area contributed by atoms with Crippen LogP contribution in [0, 0.1) is 0 Å². The van der Waals surface area contributed by atoms with Crippen molar-refractivity contribution >= 4 is 5.97 Å². The number of nitrogens with zero attached hydrogens (tertiary/aromatic N) is 2. The van der Waals surface area contributed by atoms with Gasteiger partial charge in [-0.2, -0.15) is 0 Å². The second kappa shape index (κ2) is 4.72. The first kappa shape index (κ1) is 12.6. The predicted octanol–water partition coefficient (Wildman–Crippen LogP) is 3.00. The van der Waals surface area contributed by atoms with Crippen LogP contribution in [0.2, 0.25) is 0 Å². The van der Waals surface area contributed by atoms with Crippen molar-refractivity contribution in [3.63, 3.8) is 0 Å². The van der Waals surface area contributed by atoms with Gasteiger partial charge in [0.05, 0.1) is 5.69 Å². The molecule has 0 bridgehead atoms. The summed E-state index contributed by atoms with van der Waals surface area (Å²) >= 11 is 0. The van der Waals surface area contributed by atoms with E-state index in [1.165, 1.54) is 24.0 Å². The molecule has 1 atom stereocenters. The fourth-order valence-corrected chi connectivity index (χ4v) is 3.59. The second-order valence-corrected chi connectivity index (χ2v) is 6.05. The van der Waals surface area contributed by atoms with Gasteiger partial charge in [-0.15, -0.1) is 0 Å². The first-order valence-corrected chi connectivity index (χ1v) is 7.64. The van der Waals surface area contributed by atoms with Crippen LogP contribution in [0.15, 0.2) is 24.4 Å². The normalized spacial score (nSPS) is 20.1. The lowest BCUT2D eigenvalue weighted by Crippen LogP contribution is -2.21. The third kappa shape index (κ3) is 2.06. The van der Waals surface area contributed by atoms with Gasteiger partial charge in [0.15, 0.2) is 0 Å². The molecule has 0 fully saturated rings. The number of carbonyl (C=O) groups is 1. The van der Waals surface area contributed by atoms with Crippen molar-refractivity contribution in [2.45, 2.75) is 44.6 Å². The Labute approximate surface area is 123 Å². The fraction of sp³-hybridized carbons (Fsp3) is 0.412. The molecule has 2 heterocycles. The van der Waals surface area contributed by atoms with Gasteiger partial charge in [-0.3, -0.25) is 4.79 Å². The number of fused-ring (bicyclic) bond motifs is 2. The third-order valence-corrected chi connectivity index (χ3v) is 4.70. The number of aliphatic carboxylic acids is 1. The lowest BCUT2D eigenvalue weighted by atomic mass is 9.99. The summed E-state index contributed by atoms with van der Waals surface area (Å²) in [4.78, 5) is 16.0. The van der Waals surface area contributed by atoms with Gasteiger partial charge in [-0.05, 0) is 49.3 Å². The number of carboxylic acids is 1. The Balaban J connectivity index is 1.75. The van der Waals surface area contributed by atoms with Gasteiger partial charge < -0.3 is 9.67 Å². The molecule has 4 heteroatoms. The van der Waals surface area contributed by atoms with E-state index >= 15 is 0 Å². The molecule has 1 unspecified atom stereocenters. The highest BCUT2D eigenvalue weighted by Crippen LogP contribution is 2.32. The summed E-state index contributed by atoms with van der Waals surface area (Å²) < 4.78 is 2.02. The van der Waals surface area contributed by atoms with Crippen molar-refractivity contribution in [3.8, 4) is 11.3 Å². The number of aromatic nitrogens is 2. The monoisotopic (exact) mass is 282 g/mol. The molecule has 2 aliphatic rings. The zero-order chi connectivity index (χ0) is 14.4. The van der Waals surface area contributed by atoms with Crippen molar-refractivity contribution < 1.29 is 9.90 Å². The maximum absolute atomic E-state index is 11.4. The Morgan fingerprint density at radius 3 is 2.95 bits per heavy atom. The maximum atomic E-state index is 11.4. The van der Waals surface area contributed by atoms with Gasteiger partial charge in [0.1, 0.15) is 11.7 Å². The molecular formula is C17H18N2O2. The number of benzene rings is 1. The van der Waals surface area contributed by atoms with Crippen molar-refractivity contribution in [3.05, 3.63) is 41.3 Å². The number of carboxylic acid groups (broad SMARTS) is 1. The minimum atomic E-state index is -0.762. The molecule has 1 aromatic carbocycles. The molecule has 0 saturated heterocycles. The van der Waals surface area contributed by atoms with E-state index in [1.54, 1.807) is 0 Å². The molecule has 0 radical (unpaired) electrons. The smallest absolute Gasteiger partial charge is 0.314 e. The van der Waals surface area contributed by atoms with Crippen LogP contribution < -0.4 is 0 Å². The second-order valence-electron chi connectivity index (χ2n) is 6.05. The van der Waals surface area contributed by atoms with Gasteiger partial charge in [0.25, 0.3) is 0 Å². The Bertz CT molecular complexity index is 718. The fourth-order valence-electron chi connectivity index (χ4n) is 3.59. The molecule has 4 rings (SSSR count). The van der Waals surface area contributed by atoms with E-state index in [-0.39, 0.29) is 0 Å². The zero-order valence-electron chi connectivity index (χ0n) is 11.9. The Kier molecular flexibility index (Phi) is 2.84. The van der Waals surface area contributed by atoms with Gasteiger partial charge in [0, 0.05) is 18.3 Å². The lowest BCUT2D eigenvalue weighted by molar-refractivity contribution is -0.139. The molecule has 0 spiro atoms. The van der Waals surface area contributed by atoms with Crippen LogP contribution in [0.4, 0.5) is 0 Å². The van der Waals surface area contributed by atoms with E-state index in [2.05, 4.69) is 23.2 Å². The summed E-state index contributed by atoms with van der Waals surface area (Å²) in [5.74, 6) is -0.506. The minimum Gasteiger partial charge on any atom is -0.481 e. The minimum absolute atomic E-state index is 0.457. The first-order valence-electron chi connectivity index (χ1n) is 7.64. The average Bonchev–Trinajstić information content (AvgIpc) is 3.11. The average molecular weight is 282 g/mol. The van der Waals surface area contributed by atoms with Crippen LogP contribution in [0.1, 0.15) is 42.1 Å². The molecule has 1 aliphatic carbocycles. The Hall–Kier alpha value is -2.10. The molecule has 1 aromatic heterocycles. The summed E-state index contributed by atoms with van der Waals surface area (Å²) in [5, 5.41) is 9.34. The molecule has 2 aromatic rings. The molecule has 1 aliphatic heterocycles. The third-order valence-electron chi connectivity index (χ3n) is 4.70. The zero-order valence-corrected chi connectivity index (χ0v) is 11.9. The Morgan fingerprint density at radius 1 is 1.24 bits per heavy atom. The van der Waals surface area contributed by atoms with Crippen LogP contribution in [0.5, 0.6) is 0 Å². The molecule has 0 saturated carbocycles. The highest BCUT2D eigenvalue weighted by molar-refractivity contribution is 5.75. The van der Waals surface area contributed by atoms with Gasteiger partial charge in [-0.25, -0.2) is 4.98 Å². The van der Waals surface area contributed by atoms with E-state index < -0.39 is 11.9 Å². The van der Waals surface area contributed by atoms with Crippen molar-refractivity contribution in [2.24, 2.45) is 0 Å². The first-order chi connectivity index (χ1) is 10.2. The standard InChI is InChI=1S/C17H18N2O2/c20-17(21)14-5-2-8-19-10-15(18-16(14)19)13-7-6-11-3-1-4-12(11)9-13/h6-7,9-10,14H,1-5,8H2,(H,20,21). The van der Waals surface area contributed by atoms with E-state index in [1.807, 2.05) is 10.8 Å². The van der Waals surface area contributed by atoms with Crippen LogP contribution in [0.25, 0.3) is 11.3 Å². The Morgan fingerprint density at radius 2 is 2.10 bits per heavy atom. The van der Waals surface area contributed by atoms with Gasteiger partial charge in [-0.1, -0.05) is 12.1 Å². The largest absolute Gasteiger partial charge is 0.481 e. The highest BCUT2D eigenvalue weighted by atomic mass is 16.4. The van der Waals surface area contributed by atoms with Crippen LogP contribution in [-0.2, 0) is 24.2 Å². The van der Waals surface area contributed by atoms with E-state index in [0.717, 1.165) is 30.6 Å². The van der Waals surface area contributed by atoms with Gasteiger partial charge in [0.2, 0.25) is 0 Å². The number of rotatable bonds is 2. The van der Waals surface area contributed by atoms with Crippen LogP contribution in [0.3, 0.4) is 0 Å². The summed E-state index contributed by atoms with van der Waals surface area (Å²) in [6.07, 6.45) is 7.17. The van der Waals surface area contributed by atoms with E-state index in [9.17, 15) is 9.90 Å². The number of aryl methyl sites for hydroxylation is 3. The molecular weight excluding hydrogens is 264 g/mol. The lowest BCUT2D eigenvalue weighted by Gasteiger charge is -2.19. The van der Waals surface area contributed by atoms with Crippen molar-refractivity contribution in [1.29, 1.82) is 0 Å². The molecule has 108 valence electrons. The number of hydrogen-bond acceptors (Lipinski definition) is 2. The summed E-state index contributed by atoms with van der Waals surface area (Å²) in [6.45, 7) is 0.872.